The highest BCUT2D eigenvalue weighted by Gasteiger charge is 2.21. The van der Waals surface area contributed by atoms with Crippen LogP contribution in [-0.2, 0) is 17.6 Å². The Labute approximate surface area is 161 Å². The van der Waals surface area contributed by atoms with Crippen LogP contribution in [0.15, 0.2) is 29.3 Å². The van der Waals surface area contributed by atoms with E-state index in [9.17, 15) is 10.1 Å². The van der Waals surface area contributed by atoms with Gasteiger partial charge in [0, 0.05) is 17.4 Å². The summed E-state index contributed by atoms with van der Waals surface area (Å²) in [5.41, 5.74) is 3.42. The second-order valence-corrected chi connectivity index (χ2v) is 7.91. The Morgan fingerprint density at radius 3 is 2.93 bits per heavy atom. The second-order valence-electron chi connectivity index (χ2n) is 6.58. The molecule has 0 saturated heterocycles. The van der Waals surface area contributed by atoms with Crippen molar-refractivity contribution in [1.29, 1.82) is 5.26 Å². The van der Waals surface area contributed by atoms with E-state index in [0.29, 0.717) is 27.8 Å². The Kier molecular flexibility index (Phi) is 4.90. The van der Waals surface area contributed by atoms with E-state index < -0.39 is 5.25 Å². The fourth-order valence-corrected chi connectivity index (χ4v) is 4.12. The van der Waals surface area contributed by atoms with Gasteiger partial charge >= 0.3 is 0 Å². The van der Waals surface area contributed by atoms with Crippen molar-refractivity contribution in [3.05, 3.63) is 41.1 Å². The molecule has 27 heavy (non-hydrogen) atoms. The van der Waals surface area contributed by atoms with Crippen molar-refractivity contribution in [2.45, 2.75) is 42.9 Å². The monoisotopic (exact) mass is 381 g/mol. The maximum atomic E-state index is 12.6. The zero-order chi connectivity index (χ0) is 18.8. The van der Waals surface area contributed by atoms with E-state index in [1.807, 2.05) is 13.0 Å². The third-order valence-electron chi connectivity index (χ3n) is 4.68. The molecule has 0 spiro atoms. The summed E-state index contributed by atoms with van der Waals surface area (Å²) in [5.74, 6) is 1.14. The molecule has 0 fully saturated rings. The fourth-order valence-electron chi connectivity index (χ4n) is 3.22. The van der Waals surface area contributed by atoms with Crippen LogP contribution in [0.2, 0.25) is 0 Å². The van der Waals surface area contributed by atoms with Gasteiger partial charge < -0.3 is 14.8 Å². The van der Waals surface area contributed by atoms with Crippen LogP contribution in [0, 0.1) is 11.3 Å². The van der Waals surface area contributed by atoms with Crippen LogP contribution < -0.4 is 14.8 Å². The lowest BCUT2D eigenvalue weighted by atomic mass is 9.95. The number of fused-ring (bicyclic) bond motifs is 2. The topological polar surface area (TPSA) is 84.2 Å². The Bertz CT molecular complexity index is 939. The number of nitrogens with zero attached hydrogens (tertiary/aromatic N) is 2. The van der Waals surface area contributed by atoms with Crippen molar-refractivity contribution in [3.8, 4) is 17.6 Å². The van der Waals surface area contributed by atoms with Gasteiger partial charge in [-0.1, -0.05) is 11.8 Å². The molecular weight excluding hydrogens is 362 g/mol. The molecule has 0 saturated carbocycles. The van der Waals surface area contributed by atoms with Crippen molar-refractivity contribution in [2.24, 2.45) is 0 Å². The van der Waals surface area contributed by atoms with Crippen LogP contribution in [0.25, 0.3) is 0 Å². The number of aromatic nitrogens is 1. The van der Waals surface area contributed by atoms with E-state index in [0.717, 1.165) is 31.4 Å². The van der Waals surface area contributed by atoms with Crippen LogP contribution in [0.1, 0.15) is 36.6 Å². The zero-order valence-corrected chi connectivity index (χ0v) is 15.8. The van der Waals surface area contributed by atoms with Crippen molar-refractivity contribution >= 4 is 23.4 Å². The number of hydrogen-bond acceptors (Lipinski definition) is 6. The van der Waals surface area contributed by atoms with E-state index in [4.69, 9.17) is 9.47 Å². The van der Waals surface area contributed by atoms with E-state index >= 15 is 0 Å². The molecule has 1 aliphatic carbocycles. The normalized spacial score (nSPS) is 15.6. The largest absolute Gasteiger partial charge is 0.454 e. The van der Waals surface area contributed by atoms with Crippen LogP contribution >= 0.6 is 11.8 Å². The Morgan fingerprint density at radius 2 is 2.07 bits per heavy atom. The molecule has 138 valence electrons. The lowest BCUT2D eigenvalue weighted by molar-refractivity contribution is -0.115. The molecule has 1 unspecified atom stereocenters. The quantitative estimate of drug-likeness (QED) is 0.814. The summed E-state index contributed by atoms with van der Waals surface area (Å²) in [4.78, 5) is 17.3. The minimum Gasteiger partial charge on any atom is -0.454 e. The lowest BCUT2D eigenvalue weighted by Crippen LogP contribution is -2.22. The van der Waals surface area contributed by atoms with E-state index in [-0.39, 0.29) is 12.7 Å². The van der Waals surface area contributed by atoms with Gasteiger partial charge in [0.15, 0.2) is 11.5 Å². The number of ether oxygens (including phenoxy) is 2. The number of hydrogen-bond donors (Lipinski definition) is 1. The average molecular weight is 381 g/mol. The summed E-state index contributed by atoms with van der Waals surface area (Å²) >= 11 is 1.32. The number of carbonyl (C=O) groups excluding carboxylic acids is 1. The molecule has 0 bridgehead atoms. The van der Waals surface area contributed by atoms with Gasteiger partial charge in [0.1, 0.15) is 11.1 Å². The second kappa shape index (κ2) is 7.49. The molecule has 1 amide bonds. The lowest BCUT2D eigenvalue weighted by Gasteiger charge is -2.18. The van der Waals surface area contributed by atoms with Gasteiger partial charge in [-0.05, 0) is 56.4 Å². The summed E-state index contributed by atoms with van der Waals surface area (Å²) in [6, 6.07) is 9.46. The highest BCUT2D eigenvalue weighted by molar-refractivity contribution is 8.00. The number of benzene rings is 1. The Balaban J connectivity index is 1.47. The van der Waals surface area contributed by atoms with Gasteiger partial charge in [-0.15, -0.1) is 0 Å². The molecule has 4 rings (SSSR count). The molecule has 1 aliphatic heterocycles. The SMILES string of the molecule is CC(Sc1nc2c(cc1C#N)CCCC2)C(=O)Nc1ccc2c(c1)OCO2. The minimum atomic E-state index is -0.392. The molecule has 1 aromatic heterocycles. The number of amides is 1. The molecule has 6 nitrogen and oxygen atoms in total. The number of thioether (sulfide) groups is 1. The van der Waals surface area contributed by atoms with Gasteiger partial charge in [0.05, 0.1) is 10.8 Å². The van der Waals surface area contributed by atoms with Crippen molar-refractivity contribution in [2.75, 3.05) is 12.1 Å². The predicted molar refractivity (Wildman–Crippen MR) is 102 cm³/mol. The van der Waals surface area contributed by atoms with Crippen LogP contribution in [0.3, 0.4) is 0 Å². The average Bonchev–Trinajstić information content (AvgIpc) is 3.15. The third-order valence-corrected chi connectivity index (χ3v) is 5.79. The molecule has 1 atom stereocenters. The number of carbonyl (C=O) groups is 1. The number of nitrogens with one attached hydrogen (secondary N) is 1. The first-order valence-electron chi connectivity index (χ1n) is 8.94. The smallest absolute Gasteiger partial charge is 0.237 e. The summed E-state index contributed by atoms with van der Waals surface area (Å²) < 4.78 is 10.6. The summed E-state index contributed by atoms with van der Waals surface area (Å²) in [6.07, 6.45) is 4.17. The van der Waals surface area contributed by atoms with E-state index in [1.54, 1.807) is 18.2 Å². The maximum Gasteiger partial charge on any atom is 0.237 e. The zero-order valence-electron chi connectivity index (χ0n) is 14.9. The fraction of sp³-hybridized carbons (Fsp3) is 0.350. The van der Waals surface area contributed by atoms with Crippen LogP contribution in [0.4, 0.5) is 5.69 Å². The van der Waals surface area contributed by atoms with Crippen molar-refractivity contribution < 1.29 is 14.3 Å². The Morgan fingerprint density at radius 1 is 1.26 bits per heavy atom. The first-order chi connectivity index (χ1) is 13.1. The molecule has 7 heteroatoms. The van der Waals surface area contributed by atoms with Gasteiger partial charge in [0.2, 0.25) is 12.7 Å². The number of pyridine rings is 1. The number of rotatable bonds is 4. The van der Waals surface area contributed by atoms with E-state index in [1.165, 1.54) is 17.3 Å². The minimum absolute atomic E-state index is 0.151. The molecule has 1 aromatic carbocycles. The van der Waals surface area contributed by atoms with Gasteiger partial charge in [-0.2, -0.15) is 5.26 Å². The number of aryl methyl sites for hydroxylation is 2. The molecule has 2 aliphatic rings. The van der Waals surface area contributed by atoms with Crippen molar-refractivity contribution in [1.82, 2.24) is 4.98 Å². The highest BCUT2D eigenvalue weighted by Crippen LogP contribution is 2.35. The molecule has 2 heterocycles. The Hall–Kier alpha value is -2.72. The van der Waals surface area contributed by atoms with Gasteiger partial charge in [-0.3, -0.25) is 4.79 Å². The third kappa shape index (κ3) is 3.71. The number of nitriles is 1. The highest BCUT2D eigenvalue weighted by atomic mass is 32.2. The van der Waals surface area contributed by atoms with E-state index in [2.05, 4.69) is 16.4 Å². The summed E-state index contributed by atoms with van der Waals surface area (Å²) in [7, 11) is 0. The molecule has 0 radical (unpaired) electrons. The standard InChI is InChI=1S/C20H19N3O3S/c1-12(19(24)22-15-6-7-17-18(9-15)26-11-25-17)27-20-14(10-21)8-13-4-2-3-5-16(13)23-20/h6-9,12H,2-5,11H2,1H3,(H,22,24). The molecular formula is C20H19N3O3S. The first kappa shape index (κ1) is 17.7. The summed E-state index contributed by atoms with van der Waals surface area (Å²) in [6.45, 7) is 2.01. The van der Waals surface area contributed by atoms with Crippen LogP contribution in [-0.4, -0.2) is 22.9 Å². The first-order valence-corrected chi connectivity index (χ1v) is 9.82. The molecule has 1 N–H and O–H groups in total. The van der Waals surface area contributed by atoms with Gasteiger partial charge in [-0.25, -0.2) is 4.98 Å². The van der Waals surface area contributed by atoms with Crippen molar-refractivity contribution in [3.63, 3.8) is 0 Å². The predicted octanol–water partition coefficient (Wildman–Crippen LogP) is 3.68. The summed E-state index contributed by atoms with van der Waals surface area (Å²) in [5, 5.41) is 12.6. The maximum absolute atomic E-state index is 12.6. The van der Waals surface area contributed by atoms with Gasteiger partial charge in [0.25, 0.3) is 0 Å². The number of anilines is 1. The van der Waals surface area contributed by atoms with Crippen LogP contribution in [0.5, 0.6) is 11.5 Å². The molecule has 2 aromatic rings.